The maximum Gasteiger partial charge on any atom is 0.338 e. The molecule has 8 nitrogen and oxygen atoms in total. The van der Waals surface area contributed by atoms with Crippen molar-refractivity contribution in [3.8, 4) is 28.6 Å². The van der Waals surface area contributed by atoms with Gasteiger partial charge in [0.25, 0.3) is 5.89 Å². The van der Waals surface area contributed by atoms with E-state index in [9.17, 15) is 4.79 Å². The van der Waals surface area contributed by atoms with Crippen LogP contribution in [0.25, 0.3) is 11.4 Å². The second kappa shape index (κ2) is 10.3. The van der Waals surface area contributed by atoms with Crippen LogP contribution in [0.2, 0.25) is 0 Å². The predicted molar refractivity (Wildman–Crippen MR) is 109 cm³/mol. The lowest BCUT2D eigenvalue weighted by Gasteiger charge is -2.11. The van der Waals surface area contributed by atoms with Crippen LogP contribution in [0.1, 0.15) is 36.0 Å². The lowest BCUT2D eigenvalue weighted by molar-refractivity contribution is 0.0429. The molecule has 0 unspecified atom stereocenters. The molecule has 30 heavy (non-hydrogen) atoms. The molecule has 8 heteroatoms. The molecule has 0 radical (unpaired) electrons. The number of hydrogen-bond acceptors (Lipinski definition) is 8. The highest BCUT2D eigenvalue weighted by Crippen LogP contribution is 2.29. The second-order valence-corrected chi connectivity index (χ2v) is 6.36. The number of benzene rings is 2. The fraction of sp³-hybridized carbons (Fsp3) is 0.318. The van der Waals surface area contributed by atoms with Crippen molar-refractivity contribution in [1.29, 1.82) is 0 Å². The second-order valence-electron chi connectivity index (χ2n) is 6.36. The average Bonchev–Trinajstić information content (AvgIpc) is 3.26. The van der Waals surface area contributed by atoms with Crippen LogP contribution in [0, 0.1) is 0 Å². The first-order chi connectivity index (χ1) is 14.7. The summed E-state index contributed by atoms with van der Waals surface area (Å²) in [6, 6.07) is 12.2. The topological polar surface area (TPSA) is 92.9 Å². The van der Waals surface area contributed by atoms with Gasteiger partial charge >= 0.3 is 5.97 Å². The van der Waals surface area contributed by atoms with E-state index in [0.717, 1.165) is 12.8 Å². The summed E-state index contributed by atoms with van der Waals surface area (Å²) in [5.41, 5.74) is 1.02. The van der Waals surface area contributed by atoms with Crippen molar-refractivity contribution in [1.82, 2.24) is 10.1 Å². The fourth-order valence-electron chi connectivity index (χ4n) is 2.70. The van der Waals surface area contributed by atoms with Crippen LogP contribution in [-0.2, 0) is 11.3 Å². The van der Waals surface area contributed by atoms with Gasteiger partial charge in [-0.3, -0.25) is 0 Å². The van der Waals surface area contributed by atoms with Crippen LogP contribution in [-0.4, -0.2) is 36.9 Å². The van der Waals surface area contributed by atoms with Crippen LogP contribution in [0.15, 0.2) is 47.0 Å². The lowest BCUT2D eigenvalue weighted by Crippen LogP contribution is -2.06. The molecule has 0 saturated heterocycles. The zero-order valence-corrected chi connectivity index (χ0v) is 17.2. The largest absolute Gasteiger partial charge is 0.496 e. The Bertz CT molecular complexity index is 985. The molecule has 0 spiro atoms. The summed E-state index contributed by atoms with van der Waals surface area (Å²) < 4.78 is 26.8. The lowest BCUT2D eigenvalue weighted by atomic mass is 10.2. The molecule has 0 aliphatic heterocycles. The molecule has 2 aromatic carbocycles. The predicted octanol–water partition coefficient (Wildman–Crippen LogP) is 4.29. The average molecular weight is 412 g/mol. The van der Waals surface area contributed by atoms with Gasteiger partial charge in [0.05, 0.1) is 32.0 Å². The third-order valence-corrected chi connectivity index (χ3v) is 4.30. The van der Waals surface area contributed by atoms with E-state index in [1.807, 2.05) is 18.2 Å². The number of unbranched alkanes of at least 4 members (excludes halogenated alkanes) is 1. The molecule has 0 aliphatic carbocycles. The Morgan fingerprint density at radius 3 is 2.60 bits per heavy atom. The first kappa shape index (κ1) is 21.2. The number of carbonyl (C=O) groups is 1. The zero-order chi connectivity index (χ0) is 21.3. The van der Waals surface area contributed by atoms with Gasteiger partial charge in [-0.15, -0.1) is 0 Å². The molecule has 0 aliphatic rings. The smallest absolute Gasteiger partial charge is 0.338 e. The molecule has 0 amide bonds. The Kier molecular flexibility index (Phi) is 7.26. The van der Waals surface area contributed by atoms with Gasteiger partial charge in [0.15, 0.2) is 18.1 Å². The number of nitrogens with zero attached hydrogens (tertiary/aromatic N) is 2. The molecule has 1 heterocycles. The summed E-state index contributed by atoms with van der Waals surface area (Å²) in [7, 11) is 3.09. The van der Waals surface area contributed by atoms with E-state index in [1.165, 1.54) is 7.11 Å². The zero-order valence-electron chi connectivity index (χ0n) is 17.2. The van der Waals surface area contributed by atoms with E-state index < -0.39 is 5.97 Å². The van der Waals surface area contributed by atoms with Gasteiger partial charge in [0, 0.05) is 0 Å². The Labute approximate surface area is 174 Å². The van der Waals surface area contributed by atoms with Crippen molar-refractivity contribution in [2.24, 2.45) is 0 Å². The van der Waals surface area contributed by atoms with Gasteiger partial charge in [0.1, 0.15) is 5.75 Å². The third-order valence-electron chi connectivity index (χ3n) is 4.30. The summed E-state index contributed by atoms with van der Waals surface area (Å²) in [4.78, 5) is 16.7. The molecule has 0 bridgehead atoms. The summed E-state index contributed by atoms with van der Waals surface area (Å²) in [6.07, 6.45) is 1.97. The SMILES string of the molecule is CCCCOc1ccc(C(=O)OCc2nc(-c3ccccc3OC)no2)cc1OC. The molecule has 158 valence electrons. The van der Waals surface area contributed by atoms with Crippen LogP contribution in [0.4, 0.5) is 0 Å². The number of carbonyl (C=O) groups excluding carboxylic acids is 1. The van der Waals surface area contributed by atoms with Crippen LogP contribution >= 0.6 is 0 Å². The normalized spacial score (nSPS) is 10.5. The third kappa shape index (κ3) is 5.08. The van der Waals surface area contributed by atoms with E-state index in [2.05, 4.69) is 17.1 Å². The number of hydrogen-bond donors (Lipinski definition) is 0. The highest BCUT2D eigenvalue weighted by atomic mass is 16.6. The van der Waals surface area contributed by atoms with Crippen molar-refractivity contribution in [2.45, 2.75) is 26.4 Å². The summed E-state index contributed by atoms with van der Waals surface area (Å²) in [5, 5.41) is 3.93. The first-order valence-corrected chi connectivity index (χ1v) is 9.60. The quantitative estimate of drug-likeness (QED) is 0.360. The molecular weight excluding hydrogens is 388 g/mol. The Balaban J connectivity index is 1.64. The molecule has 0 fully saturated rings. The maximum atomic E-state index is 12.4. The molecule has 0 saturated carbocycles. The van der Waals surface area contributed by atoms with Crippen LogP contribution < -0.4 is 14.2 Å². The molecule has 1 aromatic heterocycles. The minimum atomic E-state index is -0.537. The summed E-state index contributed by atoms with van der Waals surface area (Å²) in [5.74, 6) is 1.67. The van der Waals surface area contributed by atoms with Gasteiger partial charge in [-0.25, -0.2) is 4.79 Å². The molecular formula is C22H24N2O6. The summed E-state index contributed by atoms with van der Waals surface area (Å²) >= 11 is 0. The standard InChI is InChI=1S/C22H24N2O6/c1-4-5-12-28-18-11-10-15(13-19(18)27-3)22(25)29-14-20-23-21(24-30-20)16-8-6-7-9-17(16)26-2/h6-11,13H,4-5,12,14H2,1-3H3. The van der Waals surface area contributed by atoms with E-state index in [1.54, 1.807) is 31.4 Å². The fourth-order valence-corrected chi connectivity index (χ4v) is 2.70. The number of esters is 1. The molecule has 3 aromatic rings. The first-order valence-electron chi connectivity index (χ1n) is 9.60. The number of para-hydroxylation sites is 1. The number of rotatable bonds is 10. The number of aromatic nitrogens is 2. The number of ether oxygens (including phenoxy) is 4. The van der Waals surface area contributed by atoms with Gasteiger partial charge in [-0.1, -0.05) is 30.6 Å². The molecule has 0 N–H and O–H groups in total. The van der Waals surface area contributed by atoms with Crippen LogP contribution in [0.3, 0.4) is 0 Å². The van der Waals surface area contributed by atoms with Crippen molar-refractivity contribution < 1.29 is 28.3 Å². The van der Waals surface area contributed by atoms with Gasteiger partial charge in [0.2, 0.25) is 5.82 Å². The van der Waals surface area contributed by atoms with Crippen molar-refractivity contribution in [2.75, 3.05) is 20.8 Å². The molecule has 0 atom stereocenters. The van der Waals surface area contributed by atoms with Crippen molar-refractivity contribution >= 4 is 5.97 Å². The molecule has 3 rings (SSSR count). The van der Waals surface area contributed by atoms with E-state index in [4.69, 9.17) is 23.5 Å². The minimum absolute atomic E-state index is 0.155. The Morgan fingerprint density at radius 2 is 1.83 bits per heavy atom. The minimum Gasteiger partial charge on any atom is -0.496 e. The number of methoxy groups -OCH3 is 2. The van der Waals surface area contributed by atoms with Gasteiger partial charge in [-0.2, -0.15) is 4.98 Å². The van der Waals surface area contributed by atoms with Gasteiger partial charge in [-0.05, 0) is 36.8 Å². The summed E-state index contributed by atoms with van der Waals surface area (Å²) in [6.45, 7) is 2.52. The highest BCUT2D eigenvalue weighted by molar-refractivity contribution is 5.90. The van der Waals surface area contributed by atoms with Gasteiger partial charge < -0.3 is 23.5 Å². The monoisotopic (exact) mass is 412 g/mol. The van der Waals surface area contributed by atoms with Crippen molar-refractivity contribution in [3.05, 3.63) is 53.9 Å². The Hall–Kier alpha value is -3.55. The van der Waals surface area contributed by atoms with E-state index >= 15 is 0 Å². The Morgan fingerprint density at radius 1 is 1.03 bits per heavy atom. The van der Waals surface area contributed by atoms with Crippen LogP contribution in [0.5, 0.6) is 17.2 Å². The van der Waals surface area contributed by atoms with E-state index in [0.29, 0.717) is 40.8 Å². The highest BCUT2D eigenvalue weighted by Gasteiger charge is 2.16. The maximum absolute atomic E-state index is 12.4. The van der Waals surface area contributed by atoms with E-state index in [-0.39, 0.29) is 12.5 Å². The van der Waals surface area contributed by atoms with Crippen molar-refractivity contribution in [3.63, 3.8) is 0 Å².